The number of benzene rings is 2. The highest BCUT2D eigenvalue weighted by Gasteiger charge is 2.42. The molecule has 8 heteroatoms. The number of halogens is 1. The number of aromatic carboxylic acids is 1. The van der Waals surface area contributed by atoms with E-state index in [0.29, 0.717) is 10.8 Å². The number of aryl methyl sites for hydroxylation is 1. The smallest absolute Gasteiger partial charge is 0.337 e. The molecule has 0 unspecified atom stereocenters. The van der Waals surface area contributed by atoms with Crippen LogP contribution in [0.3, 0.4) is 0 Å². The summed E-state index contributed by atoms with van der Waals surface area (Å²) in [6.07, 6.45) is 1.74. The predicted octanol–water partition coefficient (Wildman–Crippen LogP) is 5.50. The quantitative estimate of drug-likeness (QED) is 0.363. The van der Waals surface area contributed by atoms with Gasteiger partial charge in [-0.1, -0.05) is 18.2 Å². The summed E-state index contributed by atoms with van der Waals surface area (Å²) in [7, 11) is 0. The van der Waals surface area contributed by atoms with Gasteiger partial charge in [-0.05, 0) is 86.2 Å². The molecule has 0 spiro atoms. The molecule has 6 nitrogen and oxygen atoms in total. The molecule has 0 radical (unpaired) electrons. The van der Waals surface area contributed by atoms with Crippen molar-refractivity contribution in [1.29, 1.82) is 0 Å². The highest BCUT2D eigenvalue weighted by molar-refractivity contribution is 7.80. The highest BCUT2D eigenvalue weighted by Crippen LogP contribution is 2.43. The third kappa shape index (κ3) is 3.95. The Hall–Kier alpha value is -4.04. The van der Waals surface area contributed by atoms with Crippen LogP contribution in [0.5, 0.6) is 0 Å². The Balaban J connectivity index is 1.70. The average Bonchev–Trinajstić information content (AvgIpc) is 3.35. The Bertz CT molecular complexity index is 1420. The van der Waals surface area contributed by atoms with Gasteiger partial charge in [-0.15, -0.1) is 0 Å². The molecule has 2 aromatic carbocycles. The molecular weight excluding hydrogens is 463 g/mol. The number of hydrogen-bond donors (Lipinski definition) is 2. The van der Waals surface area contributed by atoms with E-state index in [2.05, 4.69) is 16.4 Å². The predicted molar refractivity (Wildman–Crippen MR) is 137 cm³/mol. The summed E-state index contributed by atoms with van der Waals surface area (Å²) in [6.45, 7) is 3.93. The molecule has 5 rings (SSSR count). The molecule has 0 bridgehead atoms. The fourth-order valence-electron chi connectivity index (χ4n) is 4.86. The number of pyridine rings is 1. The lowest BCUT2D eigenvalue weighted by atomic mass is 9.96. The SMILES string of the molecule is Cc1cc([C@@H]2[C@@H](c3ccccn3)NC(=S)N2c2ccc(F)cc2)c(C)n1-c1ccccc1C(=O)O. The third-order valence-electron chi connectivity index (χ3n) is 6.37. The number of anilines is 1. The van der Waals surface area contributed by atoms with E-state index in [1.807, 2.05) is 47.6 Å². The van der Waals surface area contributed by atoms with E-state index >= 15 is 0 Å². The summed E-state index contributed by atoms with van der Waals surface area (Å²) >= 11 is 5.75. The largest absolute Gasteiger partial charge is 0.478 e. The maximum absolute atomic E-state index is 13.7. The number of aromatic nitrogens is 2. The number of nitrogens with one attached hydrogen (secondary N) is 1. The van der Waals surface area contributed by atoms with Gasteiger partial charge in [-0.3, -0.25) is 4.98 Å². The molecule has 1 aliphatic heterocycles. The van der Waals surface area contributed by atoms with Crippen molar-refractivity contribution in [2.45, 2.75) is 25.9 Å². The van der Waals surface area contributed by atoms with Gasteiger partial charge in [0.2, 0.25) is 0 Å². The van der Waals surface area contributed by atoms with Crippen LogP contribution in [0.2, 0.25) is 0 Å². The lowest BCUT2D eigenvalue weighted by Crippen LogP contribution is -2.29. The maximum atomic E-state index is 13.7. The summed E-state index contributed by atoms with van der Waals surface area (Å²) in [4.78, 5) is 18.5. The Morgan fingerprint density at radius 2 is 1.77 bits per heavy atom. The zero-order valence-corrected chi connectivity index (χ0v) is 20.0. The van der Waals surface area contributed by atoms with Crippen molar-refractivity contribution >= 4 is 29.0 Å². The minimum Gasteiger partial charge on any atom is -0.478 e. The fourth-order valence-corrected chi connectivity index (χ4v) is 5.20. The Morgan fingerprint density at radius 3 is 2.46 bits per heavy atom. The minimum absolute atomic E-state index is 0.220. The molecular formula is C27H23FN4O2S. The van der Waals surface area contributed by atoms with Gasteiger partial charge in [0.15, 0.2) is 5.11 Å². The number of para-hydroxylation sites is 1. The Labute approximate surface area is 207 Å². The molecule has 0 amide bonds. The van der Waals surface area contributed by atoms with Gasteiger partial charge in [0, 0.05) is 23.3 Å². The summed E-state index contributed by atoms with van der Waals surface area (Å²) in [5.41, 5.74) is 5.14. The second-order valence-electron chi connectivity index (χ2n) is 8.46. The van der Waals surface area contributed by atoms with Crippen LogP contribution in [0, 0.1) is 19.7 Å². The number of nitrogens with zero attached hydrogens (tertiary/aromatic N) is 3. The molecule has 2 atom stereocenters. The Kier molecular flexibility index (Phi) is 5.82. The first-order chi connectivity index (χ1) is 16.9. The van der Waals surface area contributed by atoms with Crippen molar-refractivity contribution in [3.63, 3.8) is 0 Å². The molecule has 2 N–H and O–H groups in total. The topological polar surface area (TPSA) is 70.4 Å². The van der Waals surface area contributed by atoms with Gasteiger partial charge in [-0.2, -0.15) is 0 Å². The fraction of sp³-hybridized carbons (Fsp3) is 0.148. The number of carbonyl (C=O) groups is 1. The monoisotopic (exact) mass is 486 g/mol. The van der Waals surface area contributed by atoms with Crippen LogP contribution in [-0.2, 0) is 0 Å². The van der Waals surface area contributed by atoms with Crippen molar-refractivity contribution in [2.75, 3.05) is 4.90 Å². The zero-order chi connectivity index (χ0) is 24.7. The molecule has 1 fully saturated rings. The van der Waals surface area contributed by atoms with Crippen LogP contribution in [0.25, 0.3) is 5.69 Å². The minimum atomic E-state index is -0.988. The molecule has 0 saturated carbocycles. The number of rotatable bonds is 5. The number of carboxylic acids is 1. The summed E-state index contributed by atoms with van der Waals surface area (Å²) in [6, 6.07) is 20.4. The normalized spacial score (nSPS) is 17.5. The van der Waals surface area contributed by atoms with Gasteiger partial charge in [-0.25, -0.2) is 9.18 Å². The van der Waals surface area contributed by atoms with E-state index in [0.717, 1.165) is 28.3 Å². The Morgan fingerprint density at radius 1 is 1.06 bits per heavy atom. The van der Waals surface area contributed by atoms with E-state index in [-0.39, 0.29) is 23.5 Å². The molecule has 0 aliphatic carbocycles. The average molecular weight is 487 g/mol. The van der Waals surface area contributed by atoms with Gasteiger partial charge < -0.3 is 19.9 Å². The van der Waals surface area contributed by atoms with Crippen molar-refractivity contribution in [3.8, 4) is 5.69 Å². The van der Waals surface area contributed by atoms with Crippen LogP contribution in [0.15, 0.2) is 79.0 Å². The van der Waals surface area contributed by atoms with Gasteiger partial charge >= 0.3 is 5.97 Å². The molecule has 176 valence electrons. The molecule has 1 aliphatic rings. The molecule has 2 aromatic heterocycles. The molecule has 3 heterocycles. The number of hydrogen-bond acceptors (Lipinski definition) is 3. The van der Waals surface area contributed by atoms with Crippen LogP contribution < -0.4 is 10.2 Å². The highest BCUT2D eigenvalue weighted by atomic mass is 32.1. The second kappa shape index (κ2) is 8.96. The first kappa shape index (κ1) is 22.7. The van der Waals surface area contributed by atoms with Crippen molar-refractivity contribution in [3.05, 3.63) is 113 Å². The zero-order valence-electron chi connectivity index (χ0n) is 19.1. The second-order valence-corrected chi connectivity index (χ2v) is 8.84. The van der Waals surface area contributed by atoms with Crippen LogP contribution >= 0.6 is 12.2 Å². The van der Waals surface area contributed by atoms with Gasteiger partial charge in [0.1, 0.15) is 5.82 Å². The first-order valence-corrected chi connectivity index (χ1v) is 11.6. The lowest BCUT2D eigenvalue weighted by Gasteiger charge is -2.28. The van der Waals surface area contributed by atoms with Crippen LogP contribution in [0.1, 0.15) is 45.1 Å². The van der Waals surface area contributed by atoms with E-state index in [9.17, 15) is 14.3 Å². The van der Waals surface area contributed by atoms with Gasteiger partial charge in [0.25, 0.3) is 0 Å². The third-order valence-corrected chi connectivity index (χ3v) is 6.68. The van der Waals surface area contributed by atoms with E-state index < -0.39 is 5.97 Å². The van der Waals surface area contributed by atoms with Crippen LogP contribution in [-0.4, -0.2) is 25.7 Å². The molecule has 35 heavy (non-hydrogen) atoms. The van der Waals surface area contributed by atoms with Crippen molar-refractivity contribution in [1.82, 2.24) is 14.9 Å². The van der Waals surface area contributed by atoms with Gasteiger partial charge in [0.05, 0.1) is 29.0 Å². The summed E-state index contributed by atoms with van der Waals surface area (Å²) in [5, 5.41) is 13.7. The molecule has 4 aromatic rings. The summed E-state index contributed by atoms with van der Waals surface area (Å²) < 4.78 is 15.7. The van der Waals surface area contributed by atoms with Crippen molar-refractivity contribution < 1.29 is 14.3 Å². The molecule has 1 saturated heterocycles. The maximum Gasteiger partial charge on any atom is 0.337 e. The van der Waals surface area contributed by atoms with Crippen molar-refractivity contribution in [2.24, 2.45) is 0 Å². The first-order valence-electron chi connectivity index (χ1n) is 11.1. The van der Waals surface area contributed by atoms with Crippen LogP contribution in [0.4, 0.5) is 10.1 Å². The lowest BCUT2D eigenvalue weighted by molar-refractivity contribution is 0.0697. The van der Waals surface area contributed by atoms with E-state index in [1.165, 1.54) is 12.1 Å². The number of thiocarbonyl (C=S) groups is 1. The standard InChI is InChI=1S/C27H23FN4O2S/c1-16-15-21(17(2)31(16)23-9-4-3-7-20(23)26(33)34)25-24(22-8-5-6-14-29-22)30-27(35)32(25)19-12-10-18(28)11-13-19/h3-15,24-25H,1-2H3,(H,30,35)(H,33,34)/t24-,25-/m1/s1. The summed E-state index contributed by atoms with van der Waals surface area (Å²) in [5.74, 6) is -1.31. The van der Waals surface area contributed by atoms with E-state index in [1.54, 1.807) is 36.5 Å². The van der Waals surface area contributed by atoms with E-state index in [4.69, 9.17) is 12.2 Å². The number of carboxylic acid groups (broad SMARTS) is 1.